The standard InChI is InChI=1S/C7H15N.ClH/c1-6(2)5-7-3-4-8-7;/h6-8H,3-5H2,1-2H3;1H. The van der Waals surface area contributed by atoms with Crippen molar-refractivity contribution >= 4 is 12.4 Å². The van der Waals surface area contributed by atoms with Crippen molar-refractivity contribution in [1.29, 1.82) is 0 Å². The van der Waals surface area contributed by atoms with E-state index in [4.69, 9.17) is 0 Å². The lowest BCUT2D eigenvalue weighted by Gasteiger charge is -2.28. The molecule has 0 spiro atoms. The third-order valence-electron chi connectivity index (χ3n) is 1.68. The van der Waals surface area contributed by atoms with Gasteiger partial charge in [0.15, 0.2) is 0 Å². The molecule has 0 aromatic carbocycles. The van der Waals surface area contributed by atoms with Gasteiger partial charge in [0.1, 0.15) is 0 Å². The molecule has 0 aliphatic carbocycles. The molecule has 1 unspecified atom stereocenters. The maximum Gasteiger partial charge on any atom is 0.00815 e. The molecule has 1 heterocycles. The molecular weight excluding hydrogens is 134 g/mol. The molecule has 1 N–H and O–H groups in total. The van der Waals surface area contributed by atoms with Gasteiger partial charge in [-0.05, 0) is 25.3 Å². The SMILES string of the molecule is CC(C)CC1CCN1.Cl. The van der Waals surface area contributed by atoms with Gasteiger partial charge in [0.25, 0.3) is 0 Å². The van der Waals surface area contributed by atoms with Crippen LogP contribution in [0, 0.1) is 5.92 Å². The van der Waals surface area contributed by atoms with Crippen LogP contribution in [0.25, 0.3) is 0 Å². The fourth-order valence-electron chi connectivity index (χ4n) is 1.12. The minimum atomic E-state index is 0. The summed E-state index contributed by atoms with van der Waals surface area (Å²) >= 11 is 0. The lowest BCUT2D eigenvalue weighted by atomic mass is 9.96. The molecule has 1 nitrogen and oxygen atoms in total. The Balaban J connectivity index is 0.000000640. The van der Waals surface area contributed by atoms with Gasteiger partial charge in [-0.15, -0.1) is 12.4 Å². The zero-order chi connectivity index (χ0) is 5.98. The first-order valence-electron chi connectivity index (χ1n) is 3.52. The van der Waals surface area contributed by atoms with Crippen LogP contribution in [-0.4, -0.2) is 12.6 Å². The summed E-state index contributed by atoms with van der Waals surface area (Å²) < 4.78 is 0. The van der Waals surface area contributed by atoms with Gasteiger partial charge in [0.05, 0.1) is 0 Å². The van der Waals surface area contributed by atoms with Crippen molar-refractivity contribution in [3.8, 4) is 0 Å². The van der Waals surface area contributed by atoms with E-state index in [1.54, 1.807) is 0 Å². The van der Waals surface area contributed by atoms with Crippen LogP contribution in [-0.2, 0) is 0 Å². The van der Waals surface area contributed by atoms with Gasteiger partial charge in [0.2, 0.25) is 0 Å². The number of nitrogens with one attached hydrogen (secondary N) is 1. The average Bonchev–Trinajstić information content (AvgIpc) is 1.55. The molecule has 0 radical (unpaired) electrons. The van der Waals surface area contributed by atoms with Crippen LogP contribution in [0.2, 0.25) is 0 Å². The van der Waals surface area contributed by atoms with Crippen LogP contribution in [0.15, 0.2) is 0 Å². The van der Waals surface area contributed by atoms with Crippen molar-refractivity contribution in [2.75, 3.05) is 6.54 Å². The van der Waals surface area contributed by atoms with Crippen LogP contribution in [0.1, 0.15) is 26.7 Å². The molecule has 0 amide bonds. The number of rotatable bonds is 2. The molecule has 1 aliphatic rings. The fourth-order valence-corrected chi connectivity index (χ4v) is 1.12. The quantitative estimate of drug-likeness (QED) is 0.632. The monoisotopic (exact) mass is 149 g/mol. The van der Waals surface area contributed by atoms with Crippen molar-refractivity contribution in [2.45, 2.75) is 32.7 Å². The Bertz CT molecular complexity index is 69.3. The molecular formula is C7H16ClN. The van der Waals surface area contributed by atoms with Crippen LogP contribution in [0.4, 0.5) is 0 Å². The van der Waals surface area contributed by atoms with E-state index < -0.39 is 0 Å². The first kappa shape index (κ1) is 9.25. The molecule has 2 heteroatoms. The average molecular weight is 150 g/mol. The lowest BCUT2D eigenvalue weighted by Crippen LogP contribution is -2.43. The summed E-state index contributed by atoms with van der Waals surface area (Å²) in [5.74, 6) is 0.868. The lowest BCUT2D eigenvalue weighted by molar-refractivity contribution is 0.316. The van der Waals surface area contributed by atoms with Crippen molar-refractivity contribution in [3.63, 3.8) is 0 Å². The first-order valence-corrected chi connectivity index (χ1v) is 3.52. The molecule has 1 fully saturated rings. The van der Waals surface area contributed by atoms with Crippen LogP contribution in [0.3, 0.4) is 0 Å². The van der Waals surface area contributed by atoms with Crippen molar-refractivity contribution in [3.05, 3.63) is 0 Å². The molecule has 9 heavy (non-hydrogen) atoms. The fraction of sp³-hybridized carbons (Fsp3) is 1.00. The second kappa shape index (κ2) is 4.13. The topological polar surface area (TPSA) is 12.0 Å². The summed E-state index contributed by atoms with van der Waals surface area (Å²) in [6.45, 7) is 5.80. The van der Waals surface area contributed by atoms with E-state index in [9.17, 15) is 0 Å². The van der Waals surface area contributed by atoms with Crippen molar-refractivity contribution in [1.82, 2.24) is 5.32 Å². The highest BCUT2D eigenvalue weighted by molar-refractivity contribution is 5.85. The Kier molecular flexibility index (Phi) is 4.24. The normalized spacial score (nSPS) is 25.0. The minimum absolute atomic E-state index is 0. The van der Waals surface area contributed by atoms with Gasteiger partial charge < -0.3 is 5.32 Å². The highest BCUT2D eigenvalue weighted by Crippen LogP contribution is 2.12. The molecule has 1 atom stereocenters. The summed E-state index contributed by atoms with van der Waals surface area (Å²) in [6, 6.07) is 0.856. The van der Waals surface area contributed by atoms with Gasteiger partial charge in [-0.25, -0.2) is 0 Å². The predicted octanol–water partition coefficient (Wildman–Crippen LogP) is 1.82. The number of hydrogen-bond acceptors (Lipinski definition) is 1. The van der Waals surface area contributed by atoms with E-state index in [1.165, 1.54) is 19.4 Å². The summed E-state index contributed by atoms with van der Waals surface area (Å²) in [7, 11) is 0. The van der Waals surface area contributed by atoms with Gasteiger partial charge in [0, 0.05) is 6.04 Å². The molecule has 1 rings (SSSR count). The summed E-state index contributed by atoms with van der Waals surface area (Å²) in [6.07, 6.45) is 2.76. The van der Waals surface area contributed by atoms with Crippen LogP contribution < -0.4 is 5.32 Å². The molecule has 0 aromatic rings. The number of halogens is 1. The highest BCUT2D eigenvalue weighted by atomic mass is 35.5. The third-order valence-corrected chi connectivity index (χ3v) is 1.68. The Labute approximate surface area is 63.6 Å². The second-order valence-electron chi connectivity index (χ2n) is 3.07. The zero-order valence-corrected chi connectivity index (χ0v) is 7.00. The van der Waals surface area contributed by atoms with E-state index >= 15 is 0 Å². The summed E-state index contributed by atoms with van der Waals surface area (Å²) in [4.78, 5) is 0. The Morgan fingerprint density at radius 3 is 2.22 bits per heavy atom. The molecule has 0 saturated carbocycles. The van der Waals surface area contributed by atoms with E-state index in [0.29, 0.717) is 0 Å². The Hall–Kier alpha value is 0.250. The summed E-state index contributed by atoms with van der Waals surface area (Å²) in [5, 5.41) is 3.38. The van der Waals surface area contributed by atoms with Gasteiger partial charge in [-0.3, -0.25) is 0 Å². The Morgan fingerprint density at radius 1 is 1.56 bits per heavy atom. The number of hydrogen-bond donors (Lipinski definition) is 1. The largest absolute Gasteiger partial charge is 0.314 e. The van der Waals surface area contributed by atoms with E-state index in [0.717, 1.165) is 12.0 Å². The highest BCUT2D eigenvalue weighted by Gasteiger charge is 2.16. The van der Waals surface area contributed by atoms with E-state index in [-0.39, 0.29) is 12.4 Å². The maximum absolute atomic E-state index is 3.38. The van der Waals surface area contributed by atoms with Gasteiger partial charge >= 0.3 is 0 Å². The Morgan fingerprint density at radius 2 is 2.11 bits per heavy atom. The third kappa shape index (κ3) is 3.07. The van der Waals surface area contributed by atoms with E-state index in [2.05, 4.69) is 19.2 Å². The van der Waals surface area contributed by atoms with Crippen LogP contribution >= 0.6 is 12.4 Å². The smallest absolute Gasteiger partial charge is 0.00815 e. The molecule has 1 aliphatic heterocycles. The van der Waals surface area contributed by atoms with Gasteiger partial charge in [-0.2, -0.15) is 0 Å². The predicted molar refractivity (Wildman–Crippen MR) is 43.1 cm³/mol. The molecule has 56 valence electrons. The minimum Gasteiger partial charge on any atom is -0.314 e. The molecule has 0 bridgehead atoms. The van der Waals surface area contributed by atoms with Crippen molar-refractivity contribution < 1.29 is 0 Å². The zero-order valence-electron chi connectivity index (χ0n) is 6.18. The van der Waals surface area contributed by atoms with E-state index in [1.807, 2.05) is 0 Å². The molecule has 0 aromatic heterocycles. The maximum atomic E-state index is 3.38. The molecule has 1 saturated heterocycles. The van der Waals surface area contributed by atoms with Gasteiger partial charge in [-0.1, -0.05) is 13.8 Å². The summed E-state index contributed by atoms with van der Waals surface area (Å²) in [5.41, 5.74) is 0. The second-order valence-corrected chi connectivity index (χ2v) is 3.07. The van der Waals surface area contributed by atoms with Crippen molar-refractivity contribution in [2.24, 2.45) is 5.92 Å². The van der Waals surface area contributed by atoms with Crippen LogP contribution in [0.5, 0.6) is 0 Å². The first-order chi connectivity index (χ1) is 3.79.